The molecule has 0 unspecified atom stereocenters. The van der Waals surface area contributed by atoms with Crippen LogP contribution in [0.3, 0.4) is 0 Å². The van der Waals surface area contributed by atoms with E-state index in [2.05, 4.69) is 17.5 Å². The number of ether oxygens (including phenoxy) is 1. The van der Waals surface area contributed by atoms with E-state index in [1.54, 1.807) is 23.5 Å². The van der Waals surface area contributed by atoms with Crippen LogP contribution in [0.2, 0.25) is 0 Å². The zero-order valence-electron chi connectivity index (χ0n) is 17.2. The summed E-state index contributed by atoms with van der Waals surface area (Å²) in [5, 5.41) is 5.52. The first-order valence-electron chi connectivity index (χ1n) is 10.4. The number of nitrogens with one attached hydrogen (secondary N) is 1. The molecule has 0 radical (unpaired) electrons. The average molecular weight is 441 g/mol. The first-order valence-corrected chi connectivity index (χ1v) is 11.2. The number of pyridine rings is 1. The van der Waals surface area contributed by atoms with Gasteiger partial charge < -0.3 is 10.1 Å². The first kappa shape index (κ1) is 20.2. The van der Waals surface area contributed by atoms with E-state index in [4.69, 9.17) is 9.72 Å². The van der Waals surface area contributed by atoms with Gasteiger partial charge in [0.15, 0.2) is 6.61 Å². The van der Waals surface area contributed by atoms with E-state index in [9.17, 15) is 9.59 Å². The molecule has 158 valence electrons. The third kappa shape index (κ3) is 4.05. The number of carbonyl (C=O) groups excluding carboxylic acids is 2. The number of benzene rings is 2. The molecule has 0 saturated heterocycles. The number of rotatable bonds is 5. The van der Waals surface area contributed by atoms with Crippen LogP contribution in [0.25, 0.3) is 22.6 Å². The summed E-state index contributed by atoms with van der Waals surface area (Å²) in [6.07, 6.45) is 3.66. The van der Waals surface area contributed by atoms with Crippen LogP contribution >= 0.6 is 11.3 Å². The van der Waals surface area contributed by atoms with Gasteiger partial charge in [0.05, 0.1) is 16.8 Å². The second kappa shape index (κ2) is 8.77. The largest absolute Gasteiger partial charge is 0.452 e. The number of anilines is 1. The number of hydrogen-bond acceptors (Lipinski definition) is 5. The van der Waals surface area contributed by atoms with Gasteiger partial charge in [0.1, 0.15) is 0 Å². The quantitative estimate of drug-likeness (QED) is 0.412. The van der Waals surface area contributed by atoms with Crippen molar-refractivity contribution in [2.75, 3.05) is 11.9 Å². The lowest BCUT2D eigenvalue weighted by atomic mass is 10.0. The maximum atomic E-state index is 13.2. The number of para-hydroxylation sites is 2. The van der Waals surface area contributed by atoms with Gasteiger partial charge in [-0.15, -0.1) is 11.3 Å². The minimum Gasteiger partial charge on any atom is -0.452 e. The van der Waals surface area contributed by atoms with Crippen LogP contribution in [-0.4, -0.2) is 23.5 Å². The molecule has 2 aromatic carbocycles. The molecule has 0 fully saturated rings. The Bertz CT molecular complexity index is 1330. The van der Waals surface area contributed by atoms with Gasteiger partial charge in [0, 0.05) is 16.0 Å². The van der Waals surface area contributed by atoms with Crippen molar-refractivity contribution in [1.29, 1.82) is 0 Å². The van der Waals surface area contributed by atoms with E-state index in [1.807, 2.05) is 53.9 Å². The Morgan fingerprint density at radius 3 is 2.62 bits per heavy atom. The fraction of sp³-hybridized carbons (Fsp3) is 0.115. The third-order valence-corrected chi connectivity index (χ3v) is 6.22. The van der Waals surface area contributed by atoms with Crippen LogP contribution in [-0.2, 0) is 16.0 Å². The number of fused-ring (bicyclic) bond motifs is 2. The predicted octanol–water partition coefficient (Wildman–Crippen LogP) is 5.58. The molecule has 0 atom stereocenters. The zero-order chi connectivity index (χ0) is 21.9. The van der Waals surface area contributed by atoms with Gasteiger partial charge >= 0.3 is 5.97 Å². The minimum atomic E-state index is -0.500. The topological polar surface area (TPSA) is 68.3 Å². The molecule has 32 heavy (non-hydrogen) atoms. The first-order chi connectivity index (χ1) is 15.7. The molecule has 0 saturated carbocycles. The number of amides is 1. The smallest absolute Gasteiger partial charge is 0.339 e. The van der Waals surface area contributed by atoms with Crippen LogP contribution in [0.15, 0.2) is 72.1 Å². The molecular weight excluding hydrogens is 420 g/mol. The molecule has 2 aromatic heterocycles. The van der Waals surface area contributed by atoms with Gasteiger partial charge in [-0.2, -0.15) is 0 Å². The highest BCUT2D eigenvalue weighted by Gasteiger charge is 2.28. The lowest BCUT2D eigenvalue weighted by Crippen LogP contribution is -2.21. The number of nitrogens with zero attached hydrogens (tertiary/aromatic N) is 1. The molecule has 0 spiro atoms. The predicted molar refractivity (Wildman–Crippen MR) is 128 cm³/mol. The summed E-state index contributed by atoms with van der Waals surface area (Å²) in [6.45, 7) is -0.350. The summed E-state index contributed by atoms with van der Waals surface area (Å²) in [7, 11) is 0. The minimum absolute atomic E-state index is 0.350. The Kier molecular flexibility index (Phi) is 5.52. The van der Waals surface area contributed by atoms with E-state index < -0.39 is 5.97 Å². The Balaban J connectivity index is 1.44. The highest BCUT2D eigenvalue weighted by atomic mass is 32.1. The van der Waals surface area contributed by atoms with Crippen LogP contribution < -0.4 is 5.32 Å². The van der Waals surface area contributed by atoms with Gasteiger partial charge in [-0.1, -0.05) is 42.5 Å². The van der Waals surface area contributed by atoms with Crippen LogP contribution in [0, 0.1) is 0 Å². The van der Waals surface area contributed by atoms with Gasteiger partial charge in [-0.05, 0) is 59.7 Å². The maximum absolute atomic E-state index is 13.2. The monoisotopic (exact) mass is 440 g/mol. The summed E-state index contributed by atoms with van der Waals surface area (Å²) >= 11 is 1.67. The standard InChI is InChI=1S/C26H20N2O3S/c29-23(27-18-7-2-1-3-8-18)16-31-26(30)24-20-10-4-5-11-22(20)28-25-17(12-13-21(24)25)15-19-9-6-14-32-19/h1-11,14-15H,12-13,16H2,(H,27,29). The van der Waals surface area contributed by atoms with E-state index in [1.165, 1.54) is 0 Å². The highest BCUT2D eigenvalue weighted by Crippen LogP contribution is 2.38. The molecule has 5 rings (SSSR count). The Morgan fingerprint density at radius 2 is 1.81 bits per heavy atom. The van der Waals surface area contributed by atoms with Crippen LogP contribution in [0.5, 0.6) is 0 Å². The van der Waals surface area contributed by atoms with E-state index in [0.29, 0.717) is 17.7 Å². The van der Waals surface area contributed by atoms with Gasteiger partial charge in [0.25, 0.3) is 5.91 Å². The van der Waals surface area contributed by atoms with E-state index in [0.717, 1.165) is 39.0 Å². The second-order valence-electron chi connectivity index (χ2n) is 7.51. The lowest BCUT2D eigenvalue weighted by Gasteiger charge is -2.12. The number of allylic oxidation sites excluding steroid dienone is 1. The molecule has 5 nitrogen and oxygen atoms in total. The summed E-state index contributed by atoms with van der Waals surface area (Å²) in [5.74, 6) is -0.877. The van der Waals surface area contributed by atoms with Crippen molar-refractivity contribution in [2.24, 2.45) is 0 Å². The van der Waals surface area contributed by atoms with Crippen molar-refractivity contribution >= 4 is 51.5 Å². The molecule has 4 aromatic rings. The molecule has 1 N–H and O–H groups in total. The second-order valence-corrected chi connectivity index (χ2v) is 8.49. The number of thiophene rings is 1. The average Bonchev–Trinajstić information content (AvgIpc) is 3.47. The number of carbonyl (C=O) groups is 2. The van der Waals surface area contributed by atoms with Crippen LogP contribution in [0.4, 0.5) is 5.69 Å². The van der Waals surface area contributed by atoms with Crippen molar-refractivity contribution in [3.63, 3.8) is 0 Å². The number of esters is 1. The Hall–Kier alpha value is -3.77. The van der Waals surface area contributed by atoms with Gasteiger partial charge in [-0.25, -0.2) is 9.78 Å². The number of aromatic nitrogens is 1. The van der Waals surface area contributed by atoms with Crippen LogP contribution in [0.1, 0.15) is 32.9 Å². The SMILES string of the molecule is O=C(COC(=O)c1c2c(nc3ccccc13)C(=Cc1cccs1)CC2)Nc1ccccc1. The number of hydrogen-bond donors (Lipinski definition) is 1. The van der Waals surface area contributed by atoms with Crippen molar-refractivity contribution in [3.8, 4) is 0 Å². The molecular formula is C26H20N2O3S. The van der Waals surface area contributed by atoms with Crippen molar-refractivity contribution < 1.29 is 14.3 Å². The molecule has 2 heterocycles. The molecule has 1 aliphatic carbocycles. The molecule has 0 bridgehead atoms. The normalized spacial score (nSPS) is 13.8. The fourth-order valence-corrected chi connectivity index (χ4v) is 4.66. The summed E-state index contributed by atoms with van der Waals surface area (Å²) in [6, 6.07) is 20.7. The van der Waals surface area contributed by atoms with Crippen molar-refractivity contribution in [3.05, 3.63) is 93.8 Å². The summed E-state index contributed by atoms with van der Waals surface area (Å²) in [5.41, 5.74) is 4.76. The summed E-state index contributed by atoms with van der Waals surface area (Å²) < 4.78 is 5.44. The third-order valence-electron chi connectivity index (χ3n) is 5.40. The van der Waals surface area contributed by atoms with E-state index in [-0.39, 0.29) is 12.5 Å². The Labute approximate surface area is 189 Å². The van der Waals surface area contributed by atoms with Gasteiger partial charge in [0.2, 0.25) is 0 Å². The van der Waals surface area contributed by atoms with E-state index >= 15 is 0 Å². The van der Waals surface area contributed by atoms with Crippen molar-refractivity contribution in [1.82, 2.24) is 4.98 Å². The molecule has 1 amide bonds. The summed E-state index contributed by atoms with van der Waals surface area (Å²) in [4.78, 5) is 31.4. The lowest BCUT2D eigenvalue weighted by molar-refractivity contribution is -0.119. The fourth-order valence-electron chi connectivity index (χ4n) is 3.98. The molecule has 1 aliphatic rings. The zero-order valence-corrected chi connectivity index (χ0v) is 18.0. The van der Waals surface area contributed by atoms with Crippen molar-refractivity contribution in [2.45, 2.75) is 12.8 Å². The molecule has 6 heteroatoms. The maximum Gasteiger partial charge on any atom is 0.339 e. The Morgan fingerprint density at radius 1 is 1.00 bits per heavy atom. The highest BCUT2D eigenvalue weighted by molar-refractivity contribution is 7.10. The molecule has 0 aliphatic heterocycles. The van der Waals surface area contributed by atoms with Gasteiger partial charge in [-0.3, -0.25) is 4.79 Å².